The lowest BCUT2D eigenvalue weighted by Gasteiger charge is -2.15. The predicted octanol–water partition coefficient (Wildman–Crippen LogP) is 1.99. The summed E-state index contributed by atoms with van der Waals surface area (Å²) in [6.07, 6.45) is 3.40. The van der Waals surface area contributed by atoms with Gasteiger partial charge in [-0.1, -0.05) is 31.9 Å². The highest BCUT2D eigenvalue weighted by Gasteiger charge is 2.07. The number of aliphatic imine (C=N–C) groups is 1. The molecule has 1 rings (SSSR count). The van der Waals surface area contributed by atoms with Crippen LogP contribution in [-0.2, 0) is 16.1 Å². The number of ether oxygens (including phenoxy) is 2. The van der Waals surface area contributed by atoms with Gasteiger partial charge in [-0.2, -0.15) is 0 Å². The van der Waals surface area contributed by atoms with E-state index >= 15 is 0 Å². The fourth-order valence-electron chi connectivity index (χ4n) is 2.39. The molecule has 0 radical (unpaired) electrons. The van der Waals surface area contributed by atoms with Gasteiger partial charge in [0.1, 0.15) is 5.75 Å². The van der Waals surface area contributed by atoms with Crippen molar-refractivity contribution in [2.75, 3.05) is 40.5 Å². The van der Waals surface area contributed by atoms with Gasteiger partial charge in [-0.15, -0.1) is 0 Å². The second-order valence-electron chi connectivity index (χ2n) is 6.29. The van der Waals surface area contributed by atoms with Crippen molar-refractivity contribution in [2.45, 2.75) is 39.7 Å². The van der Waals surface area contributed by atoms with Crippen LogP contribution < -0.4 is 20.7 Å². The molecule has 0 spiro atoms. The van der Waals surface area contributed by atoms with Crippen LogP contribution in [0.15, 0.2) is 23.2 Å². The molecule has 152 valence electrons. The molecule has 1 amide bonds. The van der Waals surface area contributed by atoms with Crippen molar-refractivity contribution in [3.8, 4) is 5.75 Å². The Bertz CT molecular complexity index is 591. The van der Waals surface area contributed by atoms with Crippen molar-refractivity contribution in [3.05, 3.63) is 29.3 Å². The molecule has 0 atom stereocenters. The fourth-order valence-corrected chi connectivity index (χ4v) is 2.39. The molecule has 0 heterocycles. The highest BCUT2D eigenvalue weighted by atomic mass is 16.5. The molecule has 0 aliphatic heterocycles. The van der Waals surface area contributed by atoms with E-state index in [2.05, 4.69) is 53.0 Å². The Balaban J connectivity index is 2.50. The molecule has 1 aromatic carbocycles. The lowest BCUT2D eigenvalue weighted by atomic mass is 10.1. The number of rotatable bonds is 12. The molecule has 0 saturated heterocycles. The summed E-state index contributed by atoms with van der Waals surface area (Å²) < 4.78 is 10.9. The first kappa shape index (κ1) is 22.8. The highest BCUT2D eigenvalue weighted by Crippen LogP contribution is 2.20. The average Bonchev–Trinajstić information content (AvgIpc) is 2.66. The third-order valence-electron chi connectivity index (χ3n) is 3.94. The molecule has 0 aromatic heterocycles. The largest absolute Gasteiger partial charge is 0.493 e. The Morgan fingerprint density at radius 1 is 1.15 bits per heavy atom. The number of benzene rings is 1. The Labute approximate surface area is 162 Å². The maximum Gasteiger partial charge on any atom is 0.239 e. The number of hydrogen-bond donors (Lipinski definition) is 3. The SMILES string of the molecule is CCCCCOc1cc(C)ccc1CNC(=NC)NCC(=O)NCCOC. The van der Waals surface area contributed by atoms with Crippen molar-refractivity contribution in [3.63, 3.8) is 0 Å². The monoisotopic (exact) mass is 378 g/mol. The molecule has 0 aliphatic carbocycles. The molecular formula is C20H34N4O3. The molecule has 7 nitrogen and oxygen atoms in total. The van der Waals surface area contributed by atoms with E-state index in [0.29, 0.717) is 25.7 Å². The maximum absolute atomic E-state index is 11.7. The molecule has 27 heavy (non-hydrogen) atoms. The first-order chi connectivity index (χ1) is 13.1. The standard InChI is InChI=1S/C20H34N4O3/c1-5-6-7-11-27-18-13-16(2)8-9-17(18)14-23-20(21-3)24-15-19(25)22-10-12-26-4/h8-9,13H,5-7,10-12,14-15H2,1-4H3,(H,22,25)(H2,21,23,24). The zero-order valence-corrected chi connectivity index (χ0v) is 17.1. The molecule has 1 aromatic rings. The van der Waals surface area contributed by atoms with E-state index in [-0.39, 0.29) is 12.5 Å². The van der Waals surface area contributed by atoms with Gasteiger partial charge in [0.05, 0.1) is 19.8 Å². The van der Waals surface area contributed by atoms with Crippen LogP contribution in [0.2, 0.25) is 0 Å². The van der Waals surface area contributed by atoms with Gasteiger partial charge in [0, 0.05) is 32.8 Å². The Morgan fingerprint density at radius 3 is 2.67 bits per heavy atom. The van der Waals surface area contributed by atoms with Crippen LogP contribution in [0, 0.1) is 6.92 Å². The van der Waals surface area contributed by atoms with Crippen LogP contribution in [0.1, 0.15) is 37.3 Å². The van der Waals surface area contributed by atoms with Crippen molar-refractivity contribution in [1.82, 2.24) is 16.0 Å². The second-order valence-corrected chi connectivity index (χ2v) is 6.29. The molecule has 0 saturated carbocycles. The maximum atomic E-state index is 11.7. The number of unbranched alkanes of at least 4 members (excludes halogenated alkanes) is 2. The lowest BCUT2D eigenvalue weighted by molar-refractivity contribution is -0.120. The Kier molecular flexibility index (Phi) is 11.7. The van der Waals surface area contributed by atoms with E-state index in [9.17, 15) is 4.79 Å². The minimum atomic E-state index is -0.106. The van der Waals surface area contributed by atoms with Crippen LogP contribution in [0.3, 0.4) is 0 Å². The van der Waals surface area contributed by atoms with Crippen LogP contribution in [0.4, 0.5) is 0 Å². The highest BCUT2D eigenvalue weighted by molar-refractivity contribution is 5.86. The van der Waals surface area contributed by atoms with Crippen LogP contribution in [-0.4, -0.2) is 52.3 Å². The van der Waals surface area contributed by atoms with Gasteiger partial charge < -0.3 is 25.4 Å². The van der Waals surface area contributed by atoms with Crippen LogP contribution in [0.5, 0.6) is 5.75 Å². The molecular weight excluding hydrogens is 344 g/mol. The van der Waals surface area contributed by atoms with Crippen LogP contribution in [0.25, 0.3) is 0 Å². The average molecular weight is 379 g/mol. The first-order valence-electron chi connectivity index (χ1n) is 9.53. The van der Waals surface area contributed by atoms with Gasteiger partial charge in [0.2, 0.25) is 5.91 Å². The zero-order valence-electron chi connectivity index (χ0n) is 17.1. The molecule has 0 aliphatic rings. The number of carbonyl (C=O) groups is 1. The summed E-state index contributed by atoms with van der Waals surface area (Å²) in [6, 6.07) is 6.18. The summed E-state index contributed by atoms with van der Waals surface area (Å²) in [5.74, 6) is 1.35. The quantitative estimate of drug-likeness (QED) is 0.294. The summed E-state index contributed by atoms with van der Waals surface area (Å²) >= 11 is 0. The Hall–Kier alpha value is -2.28. The van der Waals surface area contributed by atoms with Gasteiger partial charge in [-0.25, -0.2) is 0 Å². The Morgan fingerprint density at radius 2 is 1.96 bits per heavy atom. The van der Waals surface area contributed by atoms with Crippen LogP contribution >= 0.6 is 0 Å². The topological polar surface area (TPSA) is 84.0 Å². The minimum absolute atomic E-state index is 0.106. The number of nitrogens with zero attached hydrogens (tertiary/aromatic N) is 1. The zero-order chi connectivity index (χ0) is 19.9. The van der Waals surface area contributed by atoms with Gasteiger partial charge in [0.15, 0.2) is 5.96 Å². The predicted molar refractivity (Wildman–Crippen MR) is 109 cm³/mol. The fraction of sp³-hybridized carbons (Fsp3) is 0.600. The summed E-state index contributed by atoms with van der Waals surface area (Å²) in [6.45, 7) is 6.65. The van der Waals surface area contributed by atoms with E-state index in [4.69, 9.17) is 9.47 Å². The second kappa shape index (κ2) is 13.9. The van der Waals surface area contributed by atoms with E-state index in [1.165, 1.54) is 18.4 Å². The number of hydrogen-bond acceptors (Lipinski definition) is 4. The summed E-state index contributed by atoms with van der Waals surface area (Å²) in [4.78, 5) is 15.9. The molecule has 0 bridgehead atoms. The number of carbonyl (C=O) groups excluding carboxylic acids is 1. The van der Waals surface area contributed by atoms with E-state index in [1.807, 2.05) is 0 Å². The smallest absolute Gasteiger partial charge is 0.239 e. The normalized spacial score (nSPS) is 11.2. The molecule has 7 heteroatoms. The van der Waals surface area contributed by atoms with Gasteiger partial charge in [-0.05, 0) is 25.0 Å². The van der Waals surface area contributed by atoms with Crippen molar-refractivity contribution < 1.29 is 14.3 Å². The lowest BCUT2D eigenvalue weighted by Crippen LogP contribution is -2.43. The number of methoxy groups -OCH3 is 1. The number of amides is 1. The van der Waals surface area contributed by atoms with E-state index < -0.39 is 0 Å². The summed E-state index contributed by atoms with van der Waals surface area (Å²) in [5, 5.41) is 8.98. The van der Waals surface area contributed by atoms with E-state index in [1.54, 1.807) is 14.2 Å². The van der Waals surface area contributed by atoms with Gasteiger partial charge in [-0.3, -0.25) is 9.79 Å². The van der Waals surface area contributed by atoms with Gasteiger partial charge >= 0.3 is 0 Å². The van der Waals surface area contributed by atoms with E-state index in [0.717, 1.165) is 24.3 Å². The summed E-state index contributed by atoms with van der Waals surface area (Å²) in [7, 11) is 3.28. The van der Waals surface area contributed by atoms with Crippen molar-refractivity contribution in [1.29, 1.82) is 0 Å². The molecule has 0 unspecified atom stereocenters. The number of guanidine groups is 1. The number of aryl methyl sites for hydroxylation is 1. The molecule has 3 N–H and O–H groups in total. The van der Waals surface area contributed by atoms with Gasteiger partial charge in [0.25, 0.3) is 0 Å². The molecule has 0 fully saturated rings. The minimum Gasteiger partial charge on any atom is -0.493 e. The first-order valence-corrected chi connectivity index (χ1v) is 9.53. The van der Waals surface area contributed by atoms with Crippen molar-refractivity contribution in [2.24, 2.45) is 4.99 Å². The third kappa shape index (κ3) is 9.84. The summed E-state index contributed by atoms with van der Waals surface area (Å²) in [5.41, 5.74) is 2.23. The number of nitrogens with one attached hydrogen (secondary N) is 3. The van der Waals surface area contributed by atoms with Crippen molar-refractivity contribution >= 4 is 11.9 Å². The third-order valence-corrected chi connectivity index (χ3v) is 3.94.